The van der Waals surface area contributed by atoms with Crippen LogP contribution in [0.4, 0.5) is 5.69 Å². The van der Waals surface area contributed by atoms with Crippen LogP contribution < -0.4 is 20.1 Å². The van der Waals surface area contributed by atoms with Gasteiger partial charge in [0, 0.05) is 23.9 Å². The molecule has 2 aliphatic heterocycles. The summed E-state index contributed by atoms with van der Waals surface area (Å²) in [6.45, 7) is 2.14. The third-order valence-corrected chi connectivity index (χ3v) is 5.08. The first-order valence-electron chi connectivity index (χ1n) is 10.4. The van der Waals surface area contributed by atoms with Gasteiger partial charge in [0.2, 0.25) is 5.96 Å². The second kappa shape index (κ2) is 10.1. The third-order valence-electron chi connectivity index (χ3n) is 5.08. The highest BCUT2D eigenvalue weighted by Gasteiger charge is 2.17. The summed E-state index contributed by atoms with van der Waals surface area (Å²) in [5.74, 6) is 0.770. The van der Waals surface area contributed by atoms with Gasteiger partial charge in [-0.25, -0.2) is 9.79 Å². The van der Waals surface area contributed by atoms with Crippen LogP contribution in [0.25, 0.3) is 0 Å². The van der Waals surface area contributed by atoms with Gasteiger partial charge in [-0.15, -0.1) is 0 Å². The van der Waals surface area contributed by atoms with Crippen molar-refractivity contribution < 1.29 is 28.5 Å². The molecule has 2 aliphatic rings. The Balaban J connectivity index is 1.49. The number of fused-ring (bicyclic) bond motifs is 1. The number of guanidine groups is 1. The Bertz CT molecular complexity index is 999. The molecule has 9 nitrogen and oxygen atoms in total. The lowest BCUT2D eigenvalue weighted by Gasteiger charge is -2.19. The summed E-state index contributed by atoms with van der Waals surface area (Å²) in [6.07, 6.45) is 1.97. The summed E-state index contributed by atoms with van der Waals surface area (Å²) in [7, 11) is 1.31. The molecule has 0 aliphatic carbocycles. The molecule has 1 saturated heterocycles. The molecule has 9 heteroatoms. The summed E-state index contributed by atoms with van der Waals surface area (Å²) >= 11 is 0. The molecular weight excluding hydrogens is 414 g/mol. The molecule has 2 heterocycles. The number of carbonyl (C=O) groups excluding carboxylic acids is 2. The number of hydrogen-bond donors (Lipinski definition) is 2. The smallest absolute Gasteiger partial charge is 0.337 e. The number of carbonyl (C=O) groups is 2. The van der Waals surface area contributed by atoms with Crippen molar-refractivity contribution in [3.05, 3.63) is 53.6 Å². The van der Waals surface area contributed by atoms with Crippen molar-refractivity contribution in [1.29, 1.82) is 0 Å². The van der Waals surface area contributed by atoms with Gasteiger partial charge in [0.05, 0.1) is 25.3 Å². The standard InChI is InChI=1S/C23H25N3O6/c1-29-22(28)16-6-4-15(5-7-16)21(27)26-23(24-14-18-3-2-10-30-18)25-17-8-9-19-20(13-17)32-12-11-31-19/h4-9,13,18H,2-3,10-12,14H2,1H3,(H2,24,25,26,27)/t18-/m1/s1. The van der Waals surface area contributed by atoms with Crippen LogP contribution in [0, 0.1) is 0 Å². The average molecular weight is 439 g/mol. The fourth-order valence-corrected chi connectivity index (χ4v) is 3.40. The first-order valence-corrected chi connectivity index (χ1v) is 10.4. The van der Waals surface area contributed by atoms with Crippen molar-refractivity contribution in [2.24, 2.45) is 4.99 Å². The van der Waals surface area contributed by atoms with Gasteiger partial charge in [-0.2, -0.15) is 0 Å². The summed E-state index contributed by atoms with van der Waals surface area (Å²) in [5.41, 5.74) is 1.44. The average Bonchev–Trinajstić information content (AvgIpc) is 3.36. The predicted octanol–water partition coefficient (Wildman–Crippen LogP) is 2.62. The van der Waals surface area contributed by atoms with Crippen LogP contribution in [0.15, 0.2) is 47.5 Å². The molecule has 2 N–H and O–H groups in total. The highest BCUT2D eigenvalue weighted by molar-refractivity contribution is 6.10. The van der Waals surface area contributed by atoms with Gasteiger partial charge in [0.15, 0.2) is 11.5 Å². The number of ether oxygens (including phenoxy) is 4. The predicted molar refractivity (Wildman–Crippen MR) is 118 cm³/mol. The molecule has 0 spiro atoms. The van der Waals surface area contributed by atoms with Crippen LogP contribution in [0.3, 0.4) is 0 Å². The van der Waals surface area contributed by atoms with Crippen LogP contribution in [-0.4, -0.2) is 57.4 Å². The van der Waals surface area contributed by atoms with E-state index in [1.165, 1.54) is 19.2 Å². The number of rotatable bonds is 5. The maximum atomic E-state index is 12.8. The molecule has 0 aromatic heterocycles. The second-order valence-electron chi connectivity index (χ2n) is 7.33. The Morgan fingerprint density at radius 3 is 2.50 bits per heavy atom. The van der Waals surface area contributed by atoms with Gasteiger partial charge in [-0.3, -0.25) is 10.1 Å². The molecule has 32 heavy (non-hydrogen) atoms. The van der Waals surface area contributed by atoms with Crippen LogP contribution in [-0.2, 0) is 9.47 Å². The van der Waals surface area contributed by atoms with Crippen LogP contribution >= 0.6 is 0 Å². The van der Waals surface area contributed by atoms with Crippen LogP contribution in [0.2, 0.25) is 0 Å². The Kier molecular flexibility index (Phi) is 6.86. The number of esters is 1. The maximum Gasteiger partial charge on any atom is 0.337 e. The van der Waals surface area contributed by atoms with Gasteiger partial charge in [-0.1, -0.05) is 0 Å². The Labute approximate surface area is 185 Å². The zero-order chi connectivity index (χ0) is 22.3. The summed E-state index contributed by atoms with van der Waals surface area (Å²) < 4.78 is 21.5. The van der Waals surface area contributed by atoms with Crippen LogP contribution in [0.1, 0.15) is 33.6 Å². The van der Waals surface area contributed by atoms with Crippen molar-refractivity contribution in [2.75, 3.05) is 38.8 Å². The number of anilines is 1. The Hall–Kier alpha value is -3.59. The monoisotopic (exact) mass is 439 g/mol. The Morgan fingerprint density at radius 1 is 1.03 bits per heavy atom. The third kappa shape index (κ3) is 5.36. The zero-order valence-electron chi connectivity index (χ0n) is 17.8. The molecule has 1 fully saturated rings. The van der Waals surface area contributed by atoms with E-state index in [4.69, 9.17) is 14.2 Å². The molecule has 1 atom stereocenters. The van der Waals surface area contributed by atoms with Crippen LogP contribution in [0.5, 0.6) is 11.5 Å². The number of nitrogens with zero attached hydrogens (tertiary/aromatic N) is 1. The van der Waals surface area contributed by atoms with E-state index in [-0.39, 0.29) is 12.0 Å². The number of aliphatic imine (C=N–C) groups is 1. The molecule has 1 amide bonds. The van der Waals surface area contributed by atoms with E-state index in [9.17, 15) is 9.59 Å². The molecule has 4 rings (SSSR count). The van der Waals surface area contributed by atoms with Crippen molar-refractivity contribution in [3.63, 3.8) is 0 Å². The second-order valence-corrected chi connectivity index (χ2v) is 7.33. The lowest BCUT2D eigenvalue weighted by atomic mass is 10.1. The minimum atomic E-state index is -0.462. The van der Waals surface area contributed by atoms with E-state index in [1.54, 1.807) is 18.2 Å². The molecule has 2 aromatic carbocycles. The Morgan fingerprint density at radius 2 is 1.78 bits per heavy atom. The van der Waals surface area contributed by atoms with Crippen molar-refractivity contribution >= 4 is 23.5 Å². The summed E-state index contributed by atoms with van der Waals surface area (Å²) in [6, 6.07) is 11.6. The summed E-state index contributed by atoms with van der Waals surface area (Å²) in [4.78, 5) is 28.9. The topological polar surface area (TPSA) is 107 Å². The van der Waals surface area contributed by atoms with E-state index in [0.717, 1.165) is 19.4 Å². The zero-order valence-corrected chi connectivity index (χ0v) is 17.8. The number of nitrogens with one attached hydrogen (secondary N) is 2. The van der Waals surface area contributed by atoms with Gasteiger partial charge >= 0.3 is 5.97 Å². The first-order chi connectivity index (χ1) is 15.6. The maximum absolute atomic E-state index is 12.8. The van der Waals surface area contributed by atoms with Gasteiger partial charge < -0.3 is 24.3 Å². The van der Waals surface area contributed by atoms with E-state index in [1.807, 2.05) is 12.1 Å². The van der Waals surface area contributed by atoms with E-state index < -0.39 is 5.97 Å². The van der Waals surface area contributed by atoms with Gasteiger partial charge in [-0.05, 0) is 49.2 Å². The van der Waals surface area contributed by atoms with Crippen molar-refractivity contribution in [2.45, 2.75) is 18.9 Å². The molecule has 2 aromatic rings. The highest BCUT2D eigenvalue weighted by Crippen LogP contribution is 2.32. The number of hydrogen-bond acceptors (Lipinski definition) is 7. The fourth-order valence-electron chi connectivity index (χ4n) is 3.40. The van der Waals surface area contributed by atoms with E-state index in [0.29, 0.717) is 54.0 Å². The van der Waals surface area contributed by atoms with E-state index >= 15 is 0 Å². The molecule has 0 unspecified atom stereocenters. The summed E-state index contributed by atoms with van der Waals surface area (Å²) in [5, 5.41) is 5.95. The largest absolute Gasteiger partial charge is 0.486 e. The quantitative estimate of drug-likeness (QED) is 0.419. The van der Waals surface area contributed by atoms with Gasteiger partial charge in [0.1, 0.15) is 13.2 Å². The minimum Gasteiger partial charge on any atom is -0.486 e. The lowest BCUT2D eigenvalue weighted by molar-refractivity contribution is 0.0600. The molecular formula is C23H25N3O6. The SMILES string of the molecule is COC(=O)c1ccc(C(=O)NC(=NC[C@H]2CCCO2)Nc2ccc3c(c2)OCCO3)cc1. The molecule has 168 valence electrons. The molecule has 0 saturated carbocycles. The van der Waals surface area contributed by atoms with Crippen molar-refractivity contribution in [3.8, 4) is 11.5 Å². The normalized spacial score (nSPS) is 17.5. The number of benzene rings is 2. The molecule has 0 radical (unpaired) electrons. The number of methoxy groups -OCH3 is 1. The van der Waals surface area contributed by atoms with E-state index in [2.05, 4.69) is 20.4 Å². The lowest BCUT2D eigenvalue weighted by Crippen LogP contribution is -2.36. The van der Waals surface area contributed by atoms with Crippen molar-refractivity contribution in [1.82, 2.24) is 5.32 Å². The molecule has 0 bridgehead atoms. The fraction of sp³-hybridized carbons (Fsp3) is 0.348. The van der Waals surface area contributed by atoms with Gasteiger partial charge in [0.25, 0.3) is 5.91 Å². The number of amides is 1. The highest BCUT2D eigenvalue weighted by atomic mass is 16.6. The minimum absolute atomic E-state index is 0.0308. The first kappa shape index (κ1) is 21.6.